The van der Waals surface area contributed by atoms with E-state index < -0.39 is 0 Å². The molecule has 0 radical (unpaired) electrons. The minimum atomic E-state index is -0.287. The van der Waals surface area contributed by atoms with Crippen LogP contribution in [0.25, 0.3) is 16.9 Å². The number of rotatable bonds is 2. The van der Waals surface area contributed by atoms with Gasteiger partial charge in [-0.15, -0.1) is 0 Å². The van der Waals surface area contributed by atoms with E-state index in [-0.39, 0.29) is 6.10 Å². The highest BCUT2D eigenvalue weighted by Crippen LogP contribution is 2.27. The minimum absolute atomic E-state index is 0.287. The number of imidazole rings is 1. The molecule has 1 aromatic carbocycles. The summed E-state index contributed by atoms with van der Waals surface area (Å²) < 4.78 is 2.02. The fraction of sp³-hybridized carbons (Fsp3) is 0.250. The Morgan fingerprint density at radius 2 is 2.18 bits per heavy atom. The van der Waals surface area contributed by atoms with E-state index in [1.54, 1.807) is 6.20 Å². The van der Waals surface area contributed by atoms with Gasteiger partial charge in [-0.2, -0.15) is 0 Å². The highest BCUT2D eigenvalue weighted by molar-refractivity contribution is 5.72. The number of hydrogen-bond donors (Lipinski definition) is 2. The fourth-order valence-corrected chi connectivity index (χ4v) is 2.97. The molecule has 22 heavy (non-hydrogen) atoms. The third kappa shape index (κ3) is 2.08. The van der Waals surface area contributed by atoms with E-state index in [1.165, 1.54) is 0 Å². The third-order valence-electron chi connectivity index (χ3n) is 4.05. The summed E-state index contributed by atoms with van der Waals surface area (Å²) in [5.41, 5.74) is 9.40. The molecule has 6 nitrogen and oxygen atoms in total. The van der Waals surface area contributed by atoms with Crippen LogP contribution in [0.4, 0.5) is 11.5 Å². The van der Waals surface area contributed by atoms with Crippen LogP contribution in [-0.2, 0) is 0 Å². The van der Waals surface area contributed by atoms with Crippen molar-refractivity contribution in [1.29, 1.82) is 0 Å². The molecule has 1 saturated heterocycles. The summed E-state index contributed by atoms with van der Waals surface area (Å²) in [6.07, 6.45) is 5.99. The highest BCUT2D eigenvalue weighted by atomic mass is 16.3. The van der Waals surface area contributed by atoms with Crippen LogP contribution in [0.15, 0.2) is 42.9 Å². The quantitative estimate of drug-likeness (QED) is 0.701. The monoisotopic (exact) mass is 295 g/mol. The molecule has 0 spiro atoms. The maximum atomic E-state index is 9.74. The average molecular weight is 295 g/mol. The number of aliphatic hydroxyl groups excluding tert-OH is 1. The Hall–Kier alpha value is -2.60. The van der Waals surface area contributed by atoms with E-state index in [0.29, 0.717) is 6.54 Å². The van der Waals surface area contributed by atoms with Gasteiger partial charge in [-0.3, -0.25) is 4.40 Å². The predicted molar refractivity (Wildman–Crippen MR) is 85.7 cm³/mol. The van der Waals surface area contributed by atoms with E-state index >= 15 is 0 Å². The maximum Gasteiger partial charge on any atom is 0.180 e. The molecule has 3 N–H and O–H groups in total. The Bertz CT molecular complexity index is 828. The summed E-state index contributed by atoms with van der Waals surface area (Å²) in [5.74, 6) is 0.814. The Balaban J connectivity index is 1.83. The lowest BCUT2D eigenvalue weighted by atomic mass is 10.1. The van der Waals surface area contributed by atoms with Crippen molar-refractivity contribution in [1.82, 2.24) is 14.4 Å². The first-order valence-electron chi connectivity index (χ1n) is 7.33. The number of nitrogens with zero attached hydrogens (tertiary/aromatic N) is 4. The van der Waals surface area contributed by atoms with Crippen molar-refractivity contribution in [3.8, 4) is 11.3 Å². The molecule has 1 unspecified atom stereocenters. The van der Waals surface area contributed by atoms with E-state index in [9.17, 15) is 5.11 Å². The Morgan fingerprint density at radius 3 is 2.95 bits per heavy atom. The van der Waals surface area contributed by atoms with Crippen LogP contribution in [-0.4, -0.2) is 38.7 Å². The van der Waals surface area contributed by atoms with Gasteiger partial charge in [0.1, 0.15) is 0 Å². The van der Waals surface area contributed by atoms with Crippen molar-refractivity contribution >= 4 is 17.2 Å². The SMILES string of the molecule is Nc1cccc(-c2cnc3c(N4CCC(O)C4)nccn23)c1. The predicted octanol–water partition coefficient (Wildman–Crippen LogP) is 1.55. The summed E-state index contributed by atoms with van der Waals surface area (Å²) in [5, 5.41) is 9.74. The van der Waals surface area contributed by atoms with Crippen molar-refractivity contribution < 1.29 is 5.11 Å². The standard InChI is InChI=1S/C16H17N5O/c17-12-3-1-2-11(8-12)14-9-19-16-15(18-5-7-21(14)16)20-6-4-13(22)10-20/h1-3,5,7-9,13,22H,4,6,10,17H2. The molecule has 1 atom stereocenters. The molecular weight excluding hydrogens is 278 g/mol. The summed E-state index contributed by atoms with van der Waals surface area (Å²) in [7, 11) is 0. The second-order valence-electron chi connectivity index (χ2n) is 5.60. The number of nitrogen functional groups attached to an aromatic ring is 1. The number of anilines is 2. The molecule has 6 heteroatoms. The van der Waals surface area contributed by atoms with Gasteiger partial charge in [0.25, 0.3) is 0 Å². The summed E-state index contributed by atoms with van der Waals surface area (Å²) in [4.78, 5) is 11.1. The molecule has 3 heterocycles. The van der Waals surface area contributed by atoms with Crippen molar-refractivity contribution in [2.75, 3.05) is 23.7 Å². The van der Waals surface area contributed by atoms with Crippen molar-refractivity contribution in [2.45, 2.75) is 12.5 Å². The molecule has 112 valence electrons. The molecule has 1 fully saturated rings. The minimum Gasteiger partial charge on any atom is -0.399 e. The first kappa shape index (κ1) is 13.1. The van der Waals surface area contributed by atoms with E-state index in [0.717, 1.165) is 41.4 Å². The molecule has 3 aromatic rings. The van der Waals surface area contributed by atoms with Crippen molar-refractivity contribution in [3.63, 3.8) is 0 Å². The summed E-state index contributed by atoms with van der Waals surface area (Å²) in [6.45, 7) is 1.40. The number of aliphatic hydroxyl groups is 1. The largest absolute Gasteiger partial charge is 0.399 e. The van der Waals surface area contributed by atoms with Crippen LogP contribution in [0, 0.1) is 0 Å². The average Bonchev–Trinajstić information content (AvgIpc) is 3.13. The number of nitrogens with two attached hydrogens (primary N) is 1. The van der Waals surface area contributed by atoms with Crippen molar-refractivity contribution in [3.05, 3.63) is 42.9 Å². The van der Waals surface area contributed by atoms with E-state index in [4.69, 9.17) is 5.73 Å². The normalized spacial score (nSPS) is 18.2. The molecule has 2 aromatic heterocycles. The number of β-amino-alcohol motifs (C(OH)–C–C–N with tert-alkyl or cyclic N) is 1. The van der Waals surface area contributed by atoms with Gasteiger partial charge in [0.15, 0.2) is 11.5 Å². The van der Waals surface area contributed by atoms with Crippen LogP contribution in [0.2, 0.25) is 0 Å². The van der Waals surface area contributed by atoms with Crippen molar-refractivity contribution in [2.24, 2.45) is 0 Å². The highest BCUT2D eigenvalue weighted by Gasteiger charge is 2.24. The van der Waals surface area contributed by atoms with Gasteiger partial charge in [0.05, 0.1) is 18.0 Å². The zero-order chi connectivity index (χ0) is 15.1. The van der Waals surface area contributed by atoms with Crippen LogP contribution in [0.1, 0.15) is 6.42 Å². The second kappa shape index (κ2) is 4.99. The molecule has 4 rings (SSSR count). The van der Waals surface area contributed by atoms with Gasteiger partial charge < -0.3 is 15.7 Å². The Labute approximate surface area is 127 Å². The first-order chi connectivity index (χ1) is 10.7. The van der Waals surface area contributed by atoms with Gasteiger partial charge in [0, 0.05) is 36.7 Å². The Kier molecular flexibility index (Phi) is 2.97. The summed E-state index contributed by atoms with van der Waals surface area (Å²) >= 11 is 0. The molecule has 1 aliphatic rings. The van der Waals surface area contributed by atoms with E-state index in [1.807, 2.05) is 41.1 Å². The van der Waals surface area contributed by atoms with Crippen LogP contribution < -0.4 is 10.6 Å². The van der Waals surface area contributed by atoms with Gasteiger partial charge in [-0.05, 0) is 18.6 Å². The second-order valence-corrected chi connectivity index (χ2v) is 5.60. The number of aromatic nitrogens is 3. The Morgan fingerprint density at radius 1 is 1.27 bits per heavy atom. The lowest BCUT2D eigenvalue weighted by Crippen LogP contribution is -2.23. The summed E-state index contributed by atoms with van der Waals surface area (Å²) in [6, 6.07) is 7.75. The number of benzene rings is 1. The molecule has 0 amide bonds. The van der Waals surface area contributed by atoms with Gasteiger partial charge >= 0.3 is 0 Å². The fourth-order valence-electron chi connectivity index (χ4n) is 2.97. The lowest BCUT2D eigenvalue weighted by Gasteiger charge is -2.17. The third-order valence-corrected chi connectivity index (χ3v) is 4.05. The van der Waals surface area contributed by atoms with Gasteiger partial charge in [-0.25, -0.2) is 9.97 Å². The smallest absolute Gasteiger partial charge is 0.180 e. The topological polar surface area (TPSA) is 79.7 Å². The first-order valence-corrected chi connectivity index (χ1v) is 7.33. The number of hydrogen-bond acceptors (Lipinski definition) is 5. The maximum absolute atomic E-state index is 9.74. The molecule has 1 aliphatic heterocycles. The zero-order valence-corrected chi connectivity index (χ0v) is 12.1. The van der Waals surface area contributed by atoms with E-state index in [2.05, 4.69) is 14.9 Å². The molecule has 0 bridgehead atoms. The van der Waals surface area contributed by atoms with Crippen LogP contribution >= 0.6 is 0 Å². The molecule has 0 saturated carbocycles. The molecule has 0 aliphatic carbocycles. The van der Waals surface area contributed by atoms with Crippen LogP contribution in [0.3, 0.4) is 0 Å². The van der Waals surface area contributed by atoms with Crippen LogP contribution in [0.5, 0.6) is 0 Å². The number of fused-ring (bicyclic) bond motifs is 1. The van der Waals surface area contributed by atoms with Gasteiger partial charge in [-0.1, -0.05) is 12.1 Å². The zero-order valence-electron chi connectivity index (χ0n) is 12.1. The molecular formula is C16H17N5O. The lowest BCUT2D eigenvalue weighted by molar-refractivity contribution is 0.198. The van der Waals surface area contributed by atoms with Gasteiger partial charge in [0.2, 0.25) is 0 Å².